The molecule has 0 saturated heterocycles. The summed E-state index contributed by atoms with van der Waals surface area (Å²) in [5, 5.41) is 5.30. The van der Waals surface area contributed by atoms with E-state index in [2.05, 4.69) is 34.7 Å². The third-order valence-electron chi connectivity index (χ3n) is 3.70. The molecule has 0 spiro atoms. The molecule has 1 heterocycles. The molecule has 3 N–H and O–H groups in total. The Morgan fingerprint density at radius 3 is 2.94 bits per heavy atom. The van der Waals surface area contributed by atoms with Gasteiger partial charge in [0, 0.05) is 18.0 Å². The number of hydrogen-bond acceptors (Lipinski definition) is 2. The maximum Gasteiger partial charge on any atom is 0.188 e. The molecule has 0 aliphatic heterocycles. The number of rotatable bonds is 5. The average molecular weight is 265 g/mol. The number of hydrogen-bond donors (Lipinski definition) is 2. The van der Waals surface area contributed by atoms with Gasteiger partial charge in [-0.05, 0) is 36.1 Å². The highest BCUT2D eigenvalue weighted by atomic mass is 32.1. The van der Waals surface area contributed by atoms with Gasteiger partial charge in [0.05, 0.1) is 0 Å². The second kappa shape index (κ2) is 6.23. The van der Waals surface area contributed by atoms with Gasteiger partial charge in [0.1, 0.15) is 0 Å². The molecule has 0 amide bonds. The van der Waals surface area contributed by atoms with Crippen LogP contribution in [0.4, 0.5) is 0 Å². The molecule has 0 unspecified atom stereocenters. The summed E-state index contributed by atoms with van der Waals surface area (Å²) in [4.78, 5) is 5.87. The molecule has 0 atom stereocenters. The normalized spacial score (nSPS) is 19.1. The monoisotopic (exact) mass is 265 g/mol. The lowest BCUT2D eigenvalue weighted by Crippen LogP contribution is -2.34. The number of nitrogens with one attached hydrogen (secondary N) is 1. The van der Waals surface area contributed by atoms with Crippen LogP contribution in [-0.2, 0) is 6.42 Å². The summed E-state index contributed by atoms with van der Waals surface area (Å²) in [6, 6.07) is 4.23. The van der Waals surface area contributed by atoms with Crippen LogP contribution in [0.25, 0.3) is 0 Å². The first kappa shape index (κ1) is 13.4. The summed E-state index contributed by atoms with van der Waals surface area (Å²) >= 11 is 1.79. The van der Waals surface area contributed by atoms with E-state index in [9.17, 15) is 0 Å². The maximum absolute atomic E-state index is 5.89. The Morgan fingerprint density at radius 1 is 1.50 bits per heavy atom. The molecule has 1 fully saturated rings. The maximum atomic E-state index is 5.89. The van der Waals surface area contributed by atoms with Crippen LogP contribution in [0.3, 0.4) is 0 Å². The van der Waals surface area contributed by atoms with Gasteiger partial charge >= 0.3 is 0 Å². The number of aliphatic imine (C=N–C) groups is 1. The minimum absolute atomic E-state index is 0.389. The van der Waals surface area contributed by atoms with E-state index in [1.165, 1.54) is 30.6 Å². The van der Waals surface area contributed by atoms with Crippen molar-refractivity contribution in [3.8, 4) is 0 Å². The summed E-state index contributed by atoms with van der Waals surface area (Å²) in [6.45, 7) is 4.06. The van der Waals surface area contributed by atoms with E-state index < -0.39 is 0 Å². The Kier molecular flexibility index (Phi) is 4.64. The number of nitrogens with two attached hydrogens (primary N) is 1. The largest absolute Gasteiger partial charge is 0.370 e. The SMILES string of the molecule is CC1(CN=C(N)NCCc2cccs2)CCCC1. The van der Waals surface area contributed by atoms with Crippen molar-refractivity contribution in [1.82, 2.24) is 5.32 Å². The first-order valence-electron chi connectivity index (χ1n) is 6.74. The van der Waals surface area contributed by atoms with Crippen LogP contribution in [0.1, 0.15) is 37.5 Å². The number of thiophene rings is 1. The van der Waals surface area contributed by atoms with Gasteiger partial charge in [-0.2, -0.15) is 0 Å². The molecule has 0 aromatic carbocycles. The van der Waals surface area contributed by atoms with E-state index in [-0.39, 0.29) is 0 Å². The molecule has 1 aliphatic rings. The van der Waals surface area contributed by atoms with Crippen LogP contribution in [0.2, 0.25) is 0 Å². The molecule has 2 rings (SSSR count). The van der Waals surface area contributed by atoms with Crippen LogP contribution in [0.5, 0.6) is 0 Å². The second-order valence-electron chi connectivity index (χ2n) is 5.48. The van der Waals surface area contributed by atoms with Crippen LogP contribution < -0.4 is 11.1 Å². The van der Waals surface area contributed by atoms with Gasteiger partial charge in [0.15, 0.2) is 5.96 Å². The van der Waals surface area contributed by atoms with Crippen molar-refractivity contribution < 1.29 is 0 Å². The fourth-order valence-electron chi connectivity index (χ4n) is 2.49. The lowest BCUT2D eigenvalue weighted by atomic mass is 9.89. The molecule has 1 aromatic rings. The molecule has 1 aliphatic carbocycles. The van der Waals surface area contributed by atoms with Crippen molar-refractivity contribution in [3.63, 3.8) is 0 Å². The average Bonchev–Trinajstić information content (AvgIpc) is 2.99. The summed E-state index contributed by atoms with van der Waals surface area (Å²) in [7, 11) is 0. The Hall–Kier alpha value is -1.03. The van der Waals surface area contributed by atoms with Crippen molar-refractivity contribution >= 4 is 17.3 Å². The molecular weight excluding hydrogens is 242 g/mol. The minimum atomic E-state index is 0.389. The molecule has 3 nitrogen and oxygen atoms in total. The van der Waals surface area contributed by atoms with Crippen LogP contribution in [-0.4, -0.2) is 19.0 Å². The topological polar surface area (TPSA) is 50.4 Å². The van der Waals surface area contributed by atoms with Gasteiger partial charge in [0.2, 0.25) is 0 Å². The molecule has 0 bridgehead atoms. The fourth-order valence-corrected chi connectivity index (χ4v) is 3.20. The predicted octanol–water partition coefficient (Wildman–Crippen LogP) is 2.78. The second-order valence-corrected chi connectivity index (χ2v) is 6.51. The van der Waals surface area contributed by atoms with E-state index >= 15 is 0 Å². The third kappa shape index (κ3) is 4.02. The Balaban J connectivity index is 1.69. The summed E-state index contributed by atoms with van der Waals surface area (Å²) in [5.41, 5.74) is 6.28. The lowest BCUT2D eigenvalue weighted by Gasteiger charge is -2.20. The van der Waals surface area contributed by atoms with Crippen molar-refractivity contribution in [2.24, 2.45) is 16.1 Å². The standard InChI is InChI=1S/C14H23N3S/c1-14(7-2-3-8-14)11-17-13(15)16-9-6-12-5-4-10-18-12/h4-5,10H,2-3,6-9,11H2,1H3,(H3,15,16,17). The zero-order valence-electron chi connectivity index (χ0n) is 11.1. The van der Waals surface area contributed by atoms with Gasteiger partial charge in [-0.25, -0.2) is 0 Å². The molecule has 18 heavy (non-hydrogen) atoms. The van der Waals surface area contributed by atoms with E-state index in [0.29, 0.717) is 11.4 Å². The highest BCUT2D eigenvalue weighted by Crippen LogP contribution is 2.37. The van der Waals surface area contributed by atoms with Crippen molar-refractivity contribution in [3.05, 3.63) is 22.4 Å². The van der Waals surface area contributed by atoms with Gasteiger partial charge in [-0.15, -0.1) is 11.3 Å². The van der Waals surface area contributed by atoms with E-state index in [1.807, 2.05) is 0 Å². The first-order valence-corrected chi connectivity index (χ1v) is 7.62. The van der Waals surface area contributed by atoms with Crippen LogP contribution >= 0.6 is 11.3 Å². The van der Waals surface area contributed by atoms with Crippen LogP contribution in [0, 0.1) is 5.41 Å². The molecule has 4 heteroatoms. The quantitative estimate of drug-likeness (QED) is 0.635. The zero-order chi connectivity index (χ0) is 12.8. The summed E-state index contributed by atoms with van der Waals surface area (Å²) < 4.78 is 0. The molecule has 100 valence electrons. The van der Waals surface area contributed by atoms with Gasteiger partial charge in [0.25, 0.3) is 0 Å². The minimum Gasteiger partial charge on any atom is -0.370 e. The van der Waals surface area contributed by atoms with E-state index in [4.69, 9.17) is 5.73 Å². The highest BCUT2D eigenvalue weighted by Gasteiger charge is 2.28. The molecule has 0 radical (unpaired) electrons. The van der Waals surface area contributed by atoms with Crippen molar-refractivity contribution in [2.75, 3.05) is 13.1 Å². The predicted molar refractivity (Wildman–Crippen MR) is 79.1 cm³/mol. The van der Waals surface area contributed by atoms with Gasteiger partial charge in [-0.3, -0.25) is 4.99 Å². The summed E-state index contributed by atoms with van der Waals surface area (Å²) in [6.07, 6.45) is 6.29. The third-order valence-corrected chi connectivity index (χ3v) is 4.64. The smallest absolute Gasteiger partial charge is 0.188 e. The van der Waals surface area contributed by atoms with E-state index in [0.717, 1.165) is 19.5 Å². The van der Waals surface area contributed by atoms with Crippen LogP contribution in [0.15, 0.2) is 22.5 Å². The Bertz CT molecular complexity index is 378. The number of guanidine groups is 1. The van der Waals surface area contributed by atoms with Crippen molar-refractivity contribution in [2.45, 2.75) is 39.0 Å². The molecule has 1 saturated carbocycles. The fraction of sp³-hybridized carbons (Fsp3) is 0.643. The Labute approximate surface area is 114 Å². The molecular formula is C14H23N3S. The lowest BCUT2D eigenvalue weighted by molar-refractivity contribution is 0.351. The highest BCUT2D eigenvalue weighted by molar-refractivity contribution is 7.09. The zero-order valence-corrected chi connectivity index (χ0v) is 11.9. The van der Waals surface area contributed by atoms with Gasteiger partial charge < -0.3 is 11.1 Å². The van der Waals surface area contributed by atoms with Crippen molar-refractivity contribution in [1.29, 1.82) is 0 Å². The summed E-state index contributed by atoms with van der Waals surface area (Å²) in [5.74, 6) is 0.597. The first-order chi connectivity index (χ1) is 8.68. The van der Waals surface area contributed by atoms with E-state index in [1.54, 1.807) is 11.3 Å². The van der Waals surface area contributed by atoms with Gasteiger partial charge in [-0.1, -0.05) is 25.8 Å². The number of nitrogens with zero attached hydrogens (tertiary/aromatic N) is 1. The molecule has 1 aromatic heterocycles. The Morgan fingerprint density at radius 2 is 2.28 bits per heavy atom.